The largest absolute Gasteiger partial charge is 0.483 e. The molecule has 0 spiro atoms. The number of hydrogen-bond acceptors (Lipinski definition) is 4. The third-order valence-corrected chi connectivity index (χ3v) is 4.48. The van der Waals surface area contributed by atoms with Gasteiger partial charge in [-0.3, -0.25) is 20.4 Å². The van der Waals surface area contributed by atoms with Crippen LogP contribution in [-0.2, 0) is 15.0 Å². The van der Waals surface area contributed by atoms with Crippen molar-refractivity contribution in [3.05, 3.63) is 58.1 Å². The molecule has 2 aromatic carbocycles. The van der Waals surface area contributed by atoms with Gasteiger partial charge in [0.1, 0.15) is 11.5 Å². The quantitative estimate of drug-likeness (QED) is 0.659. The highest BCUT2D eigenvalue weighted by Gasteiger charge is 2.20. The molecular weight excluding hydrogens is 415 g/mol. The van der Waals surface area contributed by atoms with Crippen LogP contribution in [0.15, 0.2) is 42.5 Å². The lowest BCUT2D eigenvalue weighted by molar-refractivity contribution is -0.133. The number of rotatable bonds is 6. The minimum absolute atomic E-state index is 0.128. The minimum atomic E-state index is -0.892. The average Bonchev–Trinajstić information content (AvgIpc) is 2.66. The number of hydrazine groups is 1. The second-order valence-electron chi connectivity index (χ2n) is 7.41. The maximum absolute atomic E-state index is 12.1. The first-order valence-corrected chi connectivity index (χ1v) is 9.76. The molecule has 1 unspecified atom stereocenters. The van der Waals surface area contributed by atoms with Gasteiger partial charge in [0.25, 0.3) is 11.8 Å². The standard InChI is InChI=1S/C21H24Cl2N2O4/c1-13(29-18-10-9-14(22)11-16(18)23)20(27)25-24-19(26)12-28-17-8-6-5-7-15(17)21(2,3)4/h5-11,13H,12H2,1-4H3,(H,24,26)(H,25,27). The van der Waals surface area contributed by atoms with Crippen molar-refractivity contribution in [3.8, 4) is 11.5 Å². The Kier molecular flexibility index (Phi) is 7.76. The summed E-state index contributed by atoms with van der Waals surface area (Å²) < 4.78 is 11.1. The van der Waals surface area contributed by atoms with Gasteiger partial charge in [0, 0.05) is 5.02 Å². The number of carbonyl (C=O) groups is 2. The molecule has 0 aliphatic carbocycles. The number of amides is 2. The van der Waals surface area contributed by atoms with E-state index in [0.29, 0.717) is 16.5 Å². The SMILES string of the molecule is CC(Oc1ccc(Cl)cc1Cl)C(=O)NNC(=O)COc1ccccc1C(C)(C)C. The number of ether oxygens (including phenoxy) is 2. The van der Waals surface area contributed by atoms with E-state index in [2.05, 4.69) is 31.6 Å². The van der Waals surface area contributed by atoms with Gasteiger partial charge in [0.15, 0.2) is 12.7 Å². The van der Waals surface area contributed by atoms with E-state index in [4.69, 9.17) is 32.7 Å². The van der Waals surface area contributed by atoms with E-state index in [-0.39, 0.29) is 17.0 Å². The van der Waals surface area contributed by atoms with E-state index in [1.165, 1.54) is 13.0 Å². The molecule has 0 aliphatic heterocycles. The van der Waals surface area contributed by atoms with Crippen LogP contribution in [0.5, 0.6) is 11.5 Å². The van der Waals surface area contributed by atoms with Gasteiger partial charge in [-0.25, -0.2) is 0 Å². The zero-order valence-electron chi connectivity index (χ0n) is 16.7. The molecule has 1 atom stereocenters. The maximum atomic E-state index is 12.1. The Morgan fingerprint density at radius 2 is 1.72 bits per heavy atom. The fourth-order valence-corrected chi connectivity index (χ4v) is 2.89. The summed E-state index contributed by atoms with van der Waals surface area (Å²) in [5, 5.41) is 0.742. The van der Waals surface area contributed by atoms with Crippen LogP contribution >= 0.6 is 23.2 Å². The molecule has 29 heavy (non-hydrogen) atoms. The third kappa shape index (κ3) is 6.84. The van der Waals surface area contributed by atoms with Gasteiger partial charge >= 0.3 is 0 Å². The van der Waals surface area contributed by atoms with Gasteiger partial charge in [-0.15, -0.1) is 0 Å². The minimum Gasteiger partial charge on any atom is -0.483 e. The highest BCUT2D eigenvalue weighted by atomic mass is 35.5. The molecule has 2 N–H and O–H groups in total. The number of para-hydroxylation sites is 1. The van der Waals surface area contributed by atoms with E-state index < -0.39 is 17.9 Å². The predicted octanol–water partition coefficient (Wildman–Crippen LogP) is 4.28. The molecular formula is C21H24Cl2N2O4. The number of benzene rings is 2. The van der Waals surface area contributed by atoms with Crippen molar-refractivity contribution in [2.24, 2.45) is 0 Å². The van der Waals surface area contributed by atoms with Crippen LogP contribution in [0.4, 0.5) is 0 Å². The second-order valence-corrected chi connectivity index (χ2v) is 8.25. The van der Waals surface area contributed by atoms with E-state index in [9.17, 15) is 9.59 Å². The van der Waals surface area contributed by atoms with Crippen molar-refractivity contribution in [1.82, 2.24) is 10.9 Å². The number of carbonyl (C=O) groups excluding carboxylic acids is 2. The van der Waals surface area contributed by atoms with Crippen LogP contribution in [-0.4, -0.2) is 24.5 Å². The van der Waals surface area contributed by atoms with Crippen molar-refractivity contribution < 1.29 is 19.1 Å². The molecule has 0 saturated carbocycles. The normalized spacial score (nSPS) is 12.1. The predicted molar refractivity (Wildman–Crippen MR) is 113 cm³/mol. The van der Waals surface area contributed by atoms with Crippen molar-refractivity contribution in [2.75, 3.05) is 6.61 Å². The lowest BCUT2D eigenvalue weighted by atomic mass is 9.86. The lowest BCUT2D eigenvalue weighted by Gasteiger charge is -2.22. The molecule has 156 valence electrons. The van der Waals surface area contributed by atoms with Gasteiger partial charge < -0.3 is 9.47 Å². The van der Waals surface area contributed by atoms with E-state index >= 15 is 0 Å². The summed E-state index contributed by atoms with van der Waals surface area (Å²) in [6, 6.07) is 12.2. The van der Waals surface area contributed by atoms with E-state index in [1.807, 2.05) is 18.2 Å². The van der Waals surface area contributed by atoms with Crippen molar-refractivity contribution in [3.63, 3.8) is 0 Å². The summed E-state index contributed by atoms with van der Waals surface area (Å²) in [5.74, 6) is -0.110. The summed E-state index contributed by atoms with van der Waals surface area (Å²) in [6.45, 7) is 7.46. The topological polar surface area (TPSA) is 76.7 Å². The molecule has 0 aliphatic rings. The zero-order chi connectivity index (χ0) is 21.6. The Morgan fingerprint density at radius 1 is 1.03 bits per heavy atom. The Labute approximate surface area is 180 Å². The fourth-order valence-electron chi connectivity index (χ4n) is 2.44. The molecule has 0 fully saturated rings. The van der Waals surface area contributed by atoms with Crippen LogP contribution in [0.3, 0.4) is 0 Å². The number of nitrogens with one attached hydrogen (secondary N) is 2. The molecule has 0 bridgehead atoms. The third-order valence-electron chi connectivity index (χ3n) is 3.95. The van der Waals surface area contributed by atoms with Gasteiger partial charge in [-0.1, -0.05) is 62.2 Å². The number of hydrogen-bond donors (Lipinski definition) is 2. The first kappa shape index (κ1) is 22.8. The van der Waals surface area contributed by atoms with Crippen LogP contribution in [0, 0.1) is 0 Å². The molecule has 0 saturated heterocycles. The first-order chi connectivity index (χ1) is 13.6. The Balaban J connectivity index is 1.84. The smallest absolute Gasteiger partial charge is 0.279 e. The van der Waals surface area contributed by atoms with Crippen LogP contribution in [0.1, 0.15) is 33.3 Å². The Bertz CT molecular complexity index is 881. The summed E-state index contributed by atoms with van der Waals surface area (Å²) in [5.41, 5.74) is 5.46. The van der Waals surface area contributed by atoms with Gasteiger partial charge in [-0.05, 0) is 42.2 Å². The molecule has 2 amide bonds. The molecule has 2 rings (SSSR count). The monoisotopic (exact) mass is 438 g/mol. The van der Waals surface area contributed by atoms with Crippen molar-refractivity contribution in [1.29, 1.82) is 0 Å². The molecule has 8 heteroatoms. The van der Waals surface area contributed by atoms with Crippen LogP contribution in [0.2, 0.25) is 10.0 Å². The van der Waals surface area contributed by atoms with Crippen LogP contribution < -0.4 is 20.3 Å². The summed E-state index contributed by atoms with van der Waals surface area (Å²) in [4.78, 5) is 24.2. The van der Waals surface area contributed by atoms with Gasteiger partial charge in [0.2, 0.25) is 0 Å². The summed E-state index contributed by atoms with van der Waals surface area (Å²) in [6.07, 6.45) is -0.892. The Morgan fingerprint density at radius 3 is 2.38 bits per heavy atom. The summed E-state index contributed by atoms with van der Waals surface area (Å²) >= 11 is 11.9. The van der Waals surface area contributed by atoms with Gasteiger partial charge in [0.05, 0.1) is 5.02 Å². The zero-order valence-corrected chi connectivity index (χ0v) is 18.2. The Hall–Kier alpha value is -2.44. The molecule has 0 heterocycles. The van der Waals surface area contributed by atoms with E-state index in [1.54, 1.807) is 18.2 Å². The molecule has 2 aromatic rings. The highest BCUT2D eigenvalue weighted by molar-refractivity contribution is 6.35. The van der Waals surface area contributed by atoms with Crippen molar-refractivity contribution in [2.45, 2.75) is 39.2 Å². The van der Waals surface area contributed by atoms with Gasteiger partial charge in [-0.2, -0.15) is 0 Å². The number of halogens is 2. The molecule has 0 aromatic heterocycles. The average molecular weight is 439 g/mol. The molecule has 0 radical (unpaired) electrons. The van der Waals surface area contributed by atoms with Crippen LogP contribution in [0.25, 0.3) is 0 Å². The first-order valence-electron chi connectivity index (χ1n) is 9.00. The fraction of sp³-hybridized carbons (Fsp3) is 0.333. The maximum Gasteiger partial charge on any atom is 0.279 e. The lowest BCUT2D eigenvalue weighted by Crippen LogP contribution is -2.48. The second kappa shape index (κ2) is 9.85. The van der Waals surface area contributed by atoms with E-state index in [0.717, 1.165) is 5.56 Å². The highest BCUT2D eigenvalue weighted by Crippen LogP contribution is 2.31. The van der Waals surface area contributed by atoms with Crippen molar-refractivity contribution >= 4 is 35.0 Å². The summed E-state index contributed by atoms with van der Waals surface area (Å²) in [7, 11) is 0. The molecule has 6 nitrogen and oxygen atoms in total.